The highest BCUT2D eigenvalue weighted by Crippen LogP contribution is 2.32. The summed E-state index contributed by atoms with van der Waals surface area (Å²) in [6.45, 7) is 6.15. The monoisotopic (exact) mass is 289 g/mol. The number of piperidine rings is 1. The molecule has 3 heterocycles. The summed E-state index contributed by atoms with van der Waals surface area (Å²) < 4.78 is 10.7. The minimum Gasteiger partial charge on any atom is -0.466 e. The summed E-state index contributed by atoms with van der Waals surface area (Å²) in [5.74, 6) is 2.50. The third-order valence-corrected chi connectivity index (χ3v) is 3.86. The summed E-state index contributed by atoms with van der Waals surface area (Å²) in [7, 11) is 0. The van der Waals surface area contributed by atoms with E-state index >= 15 is 0 Å². The van der Waals surface area contributed by atoms with E-state index in [1.54, 1.807) is 13.0 Å². The summed E-state index contributed by atoms with van der Waals surface area (Å²) in [6.07, 6.45) is 2.90. The Balaban J connectivity index is 1.90. The molecule has 1 aliphatic heterocycles. The van der Waals surface area contributed by atoms with Crippen LogP contribution in [0.1, 0.15) is 58.9 Å². The topological polar surface area (TPSA) is 72.4 Å². The molecule has 0 unspecified atom stereocenters. The SMILES string of the molecule is Cc1noc([C@@H]2CCCCN2C(=O)c2cc(C)oc2C)n1. The lowest BCUT2D eigenvalue weighted by Crippen LogP contribution is -2.38. The van der Waals surface area contributed by atoms with Gasteiger partial charge in [0.25, 0.3) is 5.91 Å². The minimum atomic E-state index is -0.137. The quantitative estimate of drug-likeness (QED) is 0.850. The van der Waals surface area contributed by atoms with Crippen molar-refractivity contribution < 1.29 is 13.7 Å². The average Bonchev–Trinajstić information content (AvgIpc) is 3.04. The van der Waals surface area contributed by atoms with E-state index in [2.05, 4.69) is 10.1 Å². The van der Waals surface area contributed by atoms with Crippen molar-refractivity contribution in [2.24, 2.45) is 0 Å². The summed E-state index contributed by atoms with van der Waals surface area (Å²) in [5, 5.41) is 3.84. The summed E-state index contributed by atoms with van der Waals surface area (Å²) in [6, 6.07) is 1.66. The predicted octanol–water partition coefficient (Wildman–Crippen LogP) is 2.96. The molecule has 1 atom stereocenters. The van der Waals surface area contributed by atoms with Crippen molar-refractivity contribution in [3.63, 3.8) is 0 Å². The van der Waals surface area contributed by atoms with Gasteiger partial charge in [-0.05, 0) is 46.1 Å². The first-order valence-electron chi connectivity index (χ1n) is 7.24. The van der Waals surface area contributed by atoms with Crippen molar-refractivity contribution in [1.82, 2.24) is 15.0 Å². The van der Waals surface area contributed by atoms with Crippen LogP contribution in [-0.4, -0.2) is 27.5 Å². The normalized spacial score (nSPS) is 19.0. The molecule has 0 bridgehead atoms. The highest BCUT2D eigenvalue weighted by molar-refractivity contribution is 5.95. The molecule has 2 aromatic rings. The zero-order chi connectivity index (χ0) is 15.0. The van der Waals surface area contributed by atoms with Gasteiger partial charge in [0.15, 0.2) is 5.82 Å². The summed E-state index contributed by atoms with van der Waals surface area (Å²) >= 11 is 0. The Morgan fingerprint density at radius 1 is 1.33 bits per heavy atom. The number of carbonyl (C=O) groups excluding carboxylic acids is 1. The van der Waals surface area contributed by atoms with Crippen molar-refractivity contribution in [1.29, 1.82) is 0 Å². The van der Waals surface area contributed by atoms with E-state index in [1.165, 1.54) is 0 Å². The van der Waals surface area contributed by atoms with Crippen LogP contribution in [0, 0.1) is 20.8 Å². The van der Waals surface area contributed by atoms with Gasteiger partial charge in [-0.2, -0.15) is 4.98 Å². The van der Waals surface area contributed by atoms with Crippen LogP contribution in [0.5, 0.6) is 0 Å². The molecule has 1 amide bonds. The number of furan rings is 1. The van der Waals surface area contributed by atoms with Crippen molar-refractivity contribution in [3.05, 3.63) is 34.9 Å². The van der Waals surface area contributed by atoms with Crippen LogP contribution in [0.25, 0.3) is 0 Å². The number of amides is 1. The van der Waals surface area contributed by atoms with Gasteiger partial charge in [-0.25, -0.2) is 0 Å². The molecule has 2 aromatic heterocycles. The van der Waals surface area contributed by atoms with E-state index in [4.69, 9.17) is 8.94 Å². The Bertz CT molecular complexity index is 659. The fraction of sp³-hybridized carbons (Fsp3) is 0.533. The van der Waals surface area contributed by atoms with Crippen molar-refractivity contribution in [2.45, 2.75) is 46.1 Å². The molecule has 1 saturated heterocycles. The molecular weight excluding hydrogens is 270 g/mol. The maximum Gasteiger partial charge on any atom is 0.258 e. The van der Waals surface area contributed by atoms with Crippen LogP contribution in [-0.2, 0) is 0 Å². The second-order valence-electron chi connectivity index (χ2n) is 5.52. The van der Waals surface area contributed by atoms with Gasteiger partial charge in [0, 0.05) is 6.54 Å². The molecule has 0 aliphatic carbocycles. The van der Waals surface area contributed by atoms with Crippen LogP contribution < -0.4 is 0 Å². The van der Waals surface area contributed by atoms with E-state index in [1.807, 2.05) is 18.7 Å². The second-order valence-corrected chi connectivity index (χ2v) is 5.52. The minimum absolute atomic E-state index is 0.0232. The molecule has 0 radical (unpaired) electrons. The number of aryl methyl sites for hydroxylation is 3. The largest absolute Gasteiger partial charge is 0.466 e. The van der Waals surface area contributed by atoms with Gasteiger partial charge in [0.05, 0.1) is 5.56 Å². The lowest BCUT2D eigenvalue weighted by Gasteiger charge is -2.33. The third kappa shape index (κ3) is 2.57. The Kier molecular flexibility index (Phi) is 3.53. The van der Waals surface area contributed by atoms with Crippen molar-refractivity contribution in [3.8, 4) is 0 Å². The highest BCUT2D eigenvalue weighted by atomic mass is 16.5. The predicted molar refractivity (Wildman–Crippen MR) is 74.8 cm³/mol. The first-order valence-corrected chi connectivity index (χ1v) is 7.24. The van der Waals surface area contributed by atoms with E-state index in [9.17, 15) is 4.79 Å². The van der Waals surface area contributed by atoms with E-state index < -0.39 is 0 Å². The number of hydrogen-bond donors (Lipinski definition) is 0. The lowest BCUT2D eigenvalue weighted by atomic mass is 10.0. The number of aromatic nitrogens is 2. The molecule has 6 nitrogen and oxygen atoms in total. The fourth-order valence-corrected chi connectivity index (χ4v) is 2.88. The smallest absolute Gasteiger partial charge is 0.258 e. The van der Waals surface area contributed by atoms with Crippen LogP contribution >= 0.6 is 0 Å². The number of rotatable bonds is 2. The molecule has 21 heavy (non-hydrogen) atoms. The Hall–Kier alpha value is -2.11. The van der Waals surface area contributed by atoms with Crippen LogP contribution in [0.2, 0.25) is 0 Å². The number of hydrogen-bond acceptors (Lipinski definition) is 5. The number of nitrogens with zero attached hydrogens (tertiary/aromatic N) is 3. The van der Waals surface area contributed by atoms with Crippen molar-refractivity contribution in [2.75, 3.05) is 6.54 Å². The first-order chi connectivity index (χ1) is 10.1. The fourth-order valence-electron chi connectivity index (χ4n) is 2.88. The van der Waals surface area contributed by atoms with Gasteiger partial charge in [-0.15, -0.1) is 0 Å². The molecule has 3 rings (SSSR count). The standard InChI is InChI=1S/C15H19N3O3/c1-9-8-12(10(2)20-9)15(19)18-7-5-4-6-13(18)14-16-11(3)17-21-14/h8,13H,4-7H2,1-3H3/t13-/m0/s1. The zero-order valence-corrected chi connectivity index (χ0v) is 12.5. The van der Waals surface area contributed by atoms with E-state index in [0.29, 0.717) is 29.6 Å². The highest BCUT2D eigenvalue weighted by Gasteiger charge is 2.33. The zero-order valence-electron chi connectivity index (χ0n) is 12.5. The van der Waals surface area contributed by atoms with Crippen molar-refractivity contribution >= 4 is 5.91 Å². The molecular formula is C15H19N3O3. The molecule has 0 aromatic carbocycles. The lowest BCUT2D eigenvalue weighted by molar-refractivity contribution is 0.0559. The molecule has 1 aliphatic rings. The van der Waals surface area contributed by atoms with Gasteiger partial charge in [-0.1, -0.05) is 5.16 Å². The average molecular weight is 289 g/mol. The summed E-state index contributed by atoms with van der Waals surface area (Å²) in [5.41, 5.74) is 0.621. The maximum atomic E-state index is 12.8. The van der Waals surface area contributed by atoms with Gasteiger partial charge >= 0.3 is 0 Å². The van der Waals surface area contributed by atoms with Gasteiger partial charge in [0.1, 0.15) is 17.6 Å². The molecule has 112 valence electrons. The molecule has 6 heteroatoms. The maximum absolute atomic E-state index is 12.8. The third-order valence-electron chi connectivity index (χ3n) is 3.86. The Labute approximate surface area is 123 Å². The van der Waals surface area contributed by atoms with Gasteiger partial charge < -0.3 is 13.8 Å². The van der Waals surface area contributed by atoms with Gasteiger partial charge in [-0.3, -0.25) is 4.79 Å². The van der Waals surface area contributed by atoms with Crippen LogP contribution in [0.4, 0.5) is 0 Å². The van der Waals surface area contributed by atoms with E-state index in [-0.39, 0.29) is 11.9 Å². The summed E-state index contributed by atoms with van der Waals surface area (Å²) in [4.78, 5) is 18.9. The molecule has 0 saturated carbocycles. The molecule has 0 spiro atoms. The first kappa shape index (κ1) is 13.9. The number of likely N-dealkylation sites (tertiary alicyclic amines) is 1. The number of carbonyl (C=O) groups is 1. The van der Waals surface area contributed by atoms with E-state index in [0.717, 1.165) is 25.0 Å². The Morgan fingerprint density at radius 3 is 2.76 bits per heavy atom. The Morgan fingerprint density at radius 2 is 2.14 bits per heavy atom. The molecule has 1 fully saturated rings. The van der Waals surface area contributed by atoms with Gasteiger partial charge in [0.2, 0.25) is 5.89 Å². The second kappa shape index (κ2) is 5.35. The van der Waals surface area contributed by atoms with Crippen LogP contribution in [0.15, 0.2) is 15.0 Å². The molecule has 0 N–H and O–H groups in total. The van der Waals surface area contributed by atoms with Crippen LogP contribution in [0.3, 0.4) is 0 Å².